The van der Waals surface area contributed by atoms with Crippen molar-refractivity contribution in [3.05, 3.63) is 63.5 Å². The molecule has 2 aliphatic carbocycles. The lowest BCUT2D eigenvalue weighted by Crippen LogP contribution is -2.52. The molecule has 40 heavy (non-hydrogen) atoms. The number of likely N-dealkylation sites (tertiary alicyclic amines) is 1. The number of fused-ring (bicyclic) bond motifs is 1. The second-order valence-corrected chi connectivity index (χ2v) is 11.9. The third-order valence-corrected chi connectivity index (χ3v) is 9.26. The first-order chi connectivity index (χ1) is 19.1. The first kappa shape index (κ1) is 28.5. The minimum absolute atomic E-state index is 0.0209. The third-order valence-electron chi connectivity index (χ3n) is 8.04. The highest BCUT2D eigenvalue weighted by molar-refractivity contribution is 7.15. The average Bonchev–Trinajstić information content (AvgIpc) is 3.45. The van der Waals surface area contributed by atoms with E-state index in [1.807, 2.05) is 42.5 Å². The summed E-state index contributed by atoms with van der Waals surface area (Å²) in [4.78, 5) is 28.1. The lowest BCUT2D eigenvalue weighted by Gasteiger charge is -2.34. The zero-order valence-corrected chi connectivity index (χ0v) is 23.8. The summed E-state index contributed by atoms with van der Waals surface area (Å²) in [5.41, 5.74) is 5.58. The Bertz CT molecular complexity index is 1280. The van der Waals surface area contributed by atoms with Crippen LogP contribution in [0.3, 0.4) is 0 Å². The van der Waals surface area contributed by atoms with Crippen LogP contribution in [0.2, 0.25) is 0 Å². The fourth-order valence-corrected chi connectivity index (χ4v) is 7.06. The van der Waals surface area contributed by atoms with Crippen molar-refractivity contribution < 1.29 is 27.5 Å². The molecule has 5 rings (SSSR count). The van der Waals surface area contributed by atoms with Gasteiger partial charge in [-0.25, -0.2) is 0 Å². The van der Waals surface area contributed by atoms with Crippen LogP contribution in [-0.2, 0) is 9.53 Å². The van der Waals surface area contributed by atoms with Crippen molar-refractivity contribution in [2.24, 2.45) is 11.8 Å². The summed E-state index contributed by atoms with van der Waals surface area (Å²) in [6, 6.07) is 3.00. The highest BCUT2D eigenvalue weighted by atomic mass is 32.1. The molecule has 0 saturated carbocycles. The van der Waals surface area contributed by atoms with Crippen LogP contribution in [0, 0.1) is 11.8 Å². The Balaban J connectivity index is 1.40. The van der Waals surface area contributed by atoms with E-state index >= 15 is 0 Å². The minimum atomic E-state index is -4.48. The van der Waals surface area contributed by atoms with Gasteiger partial charge in [-0.2, -0.15) is 13.2 Å². The van der Waals surface area contributed by atoms with Crippen molar-refractivity contribution in [3.8, 4) is 0 Å². The number of allylic oxidation sites excluding steroid dienone is 5. The monoisotopic (exact) mass is 576 g/mol. The molecule has 3 heterocycles. The maximum atomic E-state index is 13.7. The number of hydrogen-bond acceptors (Lipinski definition) is 7. The molecule has 0 aromatic carbocycles. The maximum absolute atomic E-state index is 13.7. The predicted molar refractivity (Wildman–Crippen MR) is 147 cm³/mol. The zero-order valence-electron chi connectivity index (χ0n) is 23.0. The summed E-state index contributed by atoms with van der Waals surface area (Å²) in [7, 11) is 3.47. The van der Waals surface area contributed by atoms with Gasteiger partial charge in [-0.15, -0.1) is 16.9 Å². The Morgan fingerprint density at radius 3 is 2.62 bits per heavy atom. The van der Waals surface area contributed by atoms with Gasteiger partial charge >= 0.3 is 6.18 Å². The highest BCUT2D eigenvalue weighted by Gasteiger charge is 2.44. The molecule has 216 valence electrons. The van der Waals surface area contributed by atoms with Crippen molar-refractivity contribution in [3.63, 3.8) is 0 Å². The molecular formula is C29H35F3N4O3S. The predicted octanol–water partition coefficient (Wildman–Crippen LogP) is 6.02. The normalized spacial score (nSPS) is 25.9. The quantitative estimate of drug-likeness (QED) is 0.418. The number of alkyl halides is 3. The topological polar surface area (TPSA) is 65.1 Å². The molecule has 4 aliphatic rings. The Hall–Kier alpha value is -3.05. The molecule has 7 nitrogen and oxygen atoms in total. The molecule has 0 spiro atoms. The average molecular weight is 577 g/mol. The van der Waals surface area contributed by atoms with Crippen LogP contribution in [-0.4, -0.2) is 59.5 Å². The fraction of sp³-hybridized carbons (Fsp3) is 0.517. The van der Waals surface area contributed by atoms with E-state index in [0.29, 0.717) is 35.6 Å². The lowest BCUT2D eigenvalue weighted by molar-refractivity contribution is -0.161. The number of hydrazine groups is 2. The number of nitrogens with zero attached hydrogens (tertiary/aromatic N) is 3. The smallest absolute Gasteiger partial charge is 0.406 e. The molecule has 3 unspecified atom stereocenters. The van der Waals surface area contributed by atoms with Crippen molar-refractivity contribution in [2.75, 3.05) is 20.7 Å². The van der Waals surface area contributed by atoms with Crippen LogP contribution in [0.1, 0.15) is 66.4 Å². The van der Waals surface area contributed by atoms with Crippen molar-refractivity contribution in [1.82, 2.24) is 20.5 Å². The summed E-state index contributed by atoms with van der Waals surface area (Å²) in [6.07, 6.45) is 8.45. The first-order valence-corrected chi connectivity index (χ1v) is 14.5. The number of nitrogens with one attached hydrogen (secondary N) is 1. The van der Waals surface area contributed by atoms with Crippen molar-refractivity contribution in [2.45, 2.75) is 64.1 Å². The maximum Gasteiger partial charge on any atom is 0.406 e. The number of carbonyl (C=O) groups excluding carboxylic acids is 2. The van der Waals surface area contributed by atoms with Crippen LogP contribution < -0.4 is 5.53 Å². The number of rotatable bonds is 6. The number of Topliss-reactive ketones (excluding diaryl/α,β-unsaturated/α-hetero) is 1. The Kier molecular flexibility index (Phi) is 8.15. The van der Waals surface area contributed by atoms with E-state index in [2.05, 4.69) is 11.6 Å². The van der Waals surface area contributed by atoms with E-state index in [-0.39, 0.29) is 17.6 Å². The number of thiophene rings is 1. The molecule has 1 N–H and O–H groups in total. The van der Waals surface area contributed by atoms with E-state index in [1.165, 1.54) is 11.3 Å². The molecule has 2 aliphatic heterocycles. The van der Waals surface area contributed by atoms with Crippen molar-refractivity contribution in [1.29, 1.82) is 0 Å². The number of ether oxygens (including phenoxy) is 1. The van der Waals surface area contributed by atoms with Gasteiger partial charge in [0, 0.05) is 35.3 Å². The number of hydrogen-bond donors (Lipinski definition) is 1. The van der Waals surface area contributed by atoms with E-state index in [1.54, 1.807) is 19.0 Å². The molecule has 1 fully saturated rings. The molecule has 0 radical (unpaired) electrons. The van der Waals surface area contributed by atoms with Gasteiger partial charge in [0.25, 0.3) is 5.91 Å². The van der Waals surface area contributed by atoms with E-state index < -0.39 is 24.7 Å². The largest absolute Gasteiger partial charge is 0.496 e. The van der Waals surface area contributed by atoms with Gasteiger partial charge in [-0.3, -0.25) is 19.6 Å². The van der Waals surface area contributed by atoms with Gasteiger partial charge < -0.3 is 9.64 Å². The van der Waals surface area contributed by atoms with Gasteiger partial charge in [0.15, 0.2) is 5.78 Å². The van der Waals surface area contributed by atoms with E-state index in [4.69, 9.17) is 4.74 Å². The summed E-state index contributed by atoms with van der Waals surface area (Å²) >= 11 is 1.43. The standard InChI is InChI=1S/C29H35F3N4O3S/c1-18(37)26-13-14-27(40-26)21-9-6-8-20(15-25(21)39-3)24-16-36(33-34(24)2)23-12-11-19-7-4-5-10-22(19)35(28(23)38)17-29(30,31)32/h9-10,13-16,19-20,23,33H,4-8,11-12,17H2,1-3H3. The molecule has 11 heteroatoms. The summed E-state index contributed by atoms with van der Waals surface area (Å²) < 4.78 is 46.5. The summed E-state index contributed by atoms with van der Waals surface area (Å²) in [5, 5.41) is 3.51. The number of methoxy groups -OCH3 is 1. The van der Waals surface area contributed by atoms with Crippen LogP contribution in [0.15, 0.2) is 53.7 Å². The van der Waals surface area contributed by atoms with Crippen LogP contribution in [0.25, 0.3) is 5.57 Å². The van der Waals surface area contributed by atoms with Crippen LogP contribution in [0.4, 0.5) is 13.2 Å². The van der Waals surface area contributed by atoms with Crippen molar-refractivity contribution >= 4 is 28.6 Å². The summed E-state index contributed by atoms with van der Waals surface area (Å²) in [6.45, 7) is 0.281. The number of amides is 1. The number of carbonyl (C=O) groups is 2. The second kappa shape index (κ2) is 11.4. The van der Waals surface area contributed by atoms with Gasteiger partial charge in [0.05, 0.1) is 17.7 Å². The molecule has 1 aromatic rings. The summed E-state index contributed by atoms with van der Waals surface area (Å²) in [5.74, 6) is 0.102. The fourth-order valence-electron chi connectivity index (χ4n) is 6.11. The Morgan fingerprint density at radius 1 is 1.12 bits per heavy atom. The molecule has 1 amide bonds. The van der Waals surface area contributed by atoms with Gasteiger partial charge in [-0.05, 0) is 76.0 Å². The molecular weight excluding hydrogens is 541 g/mol. The Morgan fingerprint density at radius 2 is 1.93 bits per heavy atom. The SMILES string of the molecule is COC1=CC(C2=CN(C3CCC4CCCC=C4N(CC(F)(F)F)C3=O)NN2C)CCC=C1c1ccc(C(C)=O)s1. The number of halogens is 3. The second-order valence-electron chi connectivity index (χ2n) is 10.8. The van der Waals surface area contributed by atoms with E-state index in [0.717, 1.165) is 46.7 Å². The van der Waals surface area contributed by atoms with Crippen LogP contribution >= 0.6 is 11.3 Å². The molecule has 3 atom stereocenters. The molecule has 0 bridgehead atoms. The first-order valence-electron chi connectivity index (χ1n) is 13.7. The third kappa shape index (κ3) is 5.85. The van der Waals surface area contributed by atoms with Gasteiger partial charge in [0.1, 0.15) is 18.3 Å². The minimum Gasteiger partial charge on any atom is -0.496 e. The van der Waals surface area contributed by atoms with Gasteiger partial charge in [0.2, 0.25) is 0 Å². The number of ketones is 1. The van der Waals surface area contributed by atoms with Crippen LogP contribution in [0.5, 0.6) is 0 Å². The molecule has 1 saturated heterocycles. The lowest BCUT2D eigenvalue weighted by atomic mass is 9.88. The molecule has 1 aromatic heterocycles. The highest BCUT2D eigenvalue weighted by Crippen LogP contribution is 2.40. The van der Waals surface area contributed by atoms with Gasteiger partial charge in [-0.1, -0.05) is 12.2 Å². The zero-order chi connectivity index (χ0) is 28.6. The van der Waals surface area contributed by atoms with E-state index in [9.17, 15) is 22.8 Å². The Labute approximate surface area is 236 Å².